The first kappa shape index (κ1) is 23.6. The topological polar surface area (TPSA) is 25.8 Å². The summed E-state index contributed by atoms with van der Waals surface area (Å²) in [5.41, 5.74) is 14.9. The van der Waals surface area contributed by atoms with Crippen LogP contribution in [0.4, 0.5) is 0 Å². The summed E-state index contributed by atoms with van der Waals surface area (Å²) < 4.78 is 0. The van der Waals surface area contributed by atoms with Crippen LogP contribution in [0.1, 0.15) is 36.1 Å². The van der Waals surface area contributed by atoms with Gasteiger partial charge in [-0.3, -0.25) is 0 Å². The predicted molar refractivity (Wildman–Crippen MR) is 174 cm³/mol. The maximum atomic E-state index is 5.28. The first-order valence-corrected chi connectivity index (χ1v) is 14.7. The molecule has 2 aliphatic carbocycles. The van der Waals surface area contributed by atoms with Gasteiger partial charge in [0.2, 0.25) is 0 Å². The van der Waals surface area contributed by atoms with E-state index in [1.54, 1.807) is 0 Å². The molecule has 7 aromatic rings. The van der Waals surface area contributed by atoms with Crippen LogP contribution in [0.5, 0.6) is 0 Å². The number of nitrogens with zero attached hydrogens (tertiary/aromatic N) is 2. The van der Waals surface area contributed by atoms with Gasteiger partial charge in [0.1, 0.15) is 0 Å². The van der Waals surface area contributed by atoms with Gasteiger partial charge < -0.3 is 0 Å². The van der Waals surface area contributed by atoms with Crippen LogP contribution in [-0.4, -0.2) is 9.97 Å². The molecule has 6 aromatic carbocycles. The number of hydrogen-bond donors (Lipinski definition) is 0. The van der Waals surface area contributed by atoms with Crippen molar-refractivity contribution in [3.05, 3.63) is 144 Å². The molecule has 9 rings (SSSR count). The van der Waals surface area contributed by atoms with Crippen LogP contribution in [-0.2, 0) is 11.8 Å². The zero-order chi connectivity index (χ0) is 28.0. The fraction of sp³-hybridized carbons (Fsp3) is 0.100. The summed E-state index contributed by atoms with van der Waals surface area (Å²) in [4.78, 5) is 10.3. The van der Waals surface area contributed by atoms with Crippen LogP contribution in [0.3, 0.4) is 0 Å². The number of hydrogen-bond acceptors (Lipinski definition) is 2. The maximum Gasteiger partial charge on any atom is 0.160 e. The van der Waals surface area contributed by atoms with Gasteiger partial charge in [-0.25, -0.2) is 9.97 Å². The van der Waals surface area contributed by atoms with Crippen molar-refractivity contribution in [3.8, 4) is 44.9 Å². The molecular formula is C40H28N2. The summed E-state index contributed by atoms with van der Waals surface area (Å²) in [6.07, 6.45) is 0.952. The number of benzene rings is 6. The second-order valence-corrected chi connectivity index (χ2v) is 12.2. The average Bonchev–Trinajstić information content (AvgIpc) is 3.52. The lowest BCUT2D eigenvalue weighted by Gasteiger charge is -2.23. The molecule has 42 heavy (non-hydrogen) atoms. The number of aromatic nitrogens is 2. The van der Waals surface area contributed by atoms with E-state index in [1.807, 2.05) is 0 Å². The van der Waals surface area contributed by atoms with Crippen molar-refractivity contribution in [1.82, 2.24) is 9.97 Å². The van der Waals surface area contributed by atoms with Crippen molar-refractivity contribution in [2.75, 3.05) is 0 Å². The van der Waals surface area contributed by atoms with Crippen LogP contribution in [0.15, 0.2) is 121 Å². The van der Waals surface area contributed by atoms with Gasteiger partial charge in [-0.05, 0) is 79.9 Å². The molecule has 0 spiro atoms. The Kier molecular flexibility index (Phi) is 4.76. The molecule has 0 aliphatic heterocycles. The maximum absolute atomic E-state index is 5.28. The Morgan fingerprint density at radius 2 is 1.26 bits per heavy atom. The summed E-state index contributed by atoms with van der Waals surface area (Å²) in [6, 6.07) is 44.1. The molecule has 0 saturated carbocycles. The Morgan fingerprint density at radius 1 is 0.548 bits per heavy atom. The summed E-state index contributed by atoms with van der Waals surface area (Å²) in [6.45, 7) is 4.71. The highest BCUT2D eigenvalue weighted by atomic mass is 14.9. The highest BCUT2D eigenvalue weighted by molar-refractivity contribution is 6.01. The quantitative estimate of drug-likeness (QED) is 0.220. The van der Waals surface area contributed by atoms with Crippen molar-refractivity contribution in [2.45, 2.75) is 25.7 Å². The van der Waals surface area contributed by atoms with Crippen molar-refractivity contribution >= 4 is 21.7 Å². The number of rotatable bonds is 2. The van der Waals surface area contributed by atoms with Gasteiger partial charge in [-0.2, -0.15) is 0 Å². The van der Waals surface area contributed by atoms with E-state index in [9.17, 15) is 0 Å². The summed E-state index contributed by atoms with van der Waals surface area (Å²) in [7, 11) is 0. The Bertz CT molecular complexity index is 2260. The highest BCUT2D eigenvalue weighted by Crippen LogP contribution is 2.51. The Hall–Kier alpha value is -5.08. The largest absolute Gasteiger partial charge is 0.228 e. The molecule has 0 N–H and O–H groups in total. The van der Waals surface area contributed by atoms with Gasteiger partial charge in [-0.1, -0.05) is 117 Å². The minimum Gasteiger partial charge on any atom is -0.228 e. The minimum atomic E-state index is -0.0784. The molecule has 0 saturated heterocycles. The third-order valence-electron chi connectivity index (χ3n) is 9.47. The molecule has 2 aliphatic rings. The summed E-state index contributed by atoms with van der Waals surface area (Å²) >= 11 is 0. The fourth-order valence-electron chi connectivity index (χ4n) is 7.47. The van der Waals surface area contributed by atoms with Crippen LogP contribution in [0.25, 0.3) is 66.6 Å². The summed E-state index contributed by atoms with van der Waals surface area (Å²) in [5.74, 6) is 0.772. The Labute approximate surface area is 245 Å². The monoisotopic (exact) mass is 536 g/mol. The van der Waals surface area contributed by atoms with Crippen LogP contribution in [0, 0.1) is 0 Å². The summed E-state index contributed by atoms with van der Waals surface area (Å²) in [5, 5.41) is 3.63. The van der Waals surface area contributed by atoms with Gasteiger partial charge in [-0.15, -0.1) is 0 Å². The fourth-order valence-corrected chi connectivity index (χ4v) is 7.47. The molecule has 0 unspecified atom stereocenters. The average molecular weight is 537 g/mol. The van der Waals surface area contributed by atoms with Gasteiger partial charge >= 0.3 is 0 Å². The molecule has 2 heteroatoms. The zero-order valence-electron chi connectivity index (χ0n) is 23.6. The smallest absolute Gasteiger partial charge is 0.160 e. The second kappa shape index (κ2) is 8.47. The molecule has 1 aromatic heterocycles. The molecule has 2 nitrogen and oxygen atoms in total. The van der Waals surface area contributed by atoms with E-state index >= 15 is 0 Å². The van der Waals surface area contributed by atoms with E-state index in [-0.39, 0.29) is 5.41 Å². The highest BCUT2D eigenvalue weighted by Gasteiger charge is 2.36. The first-order valence-electron chi connectivity index (χ1n) is 14.7. The van der Waals surface area contributed by atoms with E-state index in [1.165, 1.54) is 55.3 Å². The van der Waals surface area contributed by atoms with Gasteiger partial charge in [0, 0.05) is 21.9 Å². The molecule has 0 fully saturated rings. The van der Waals surface area contributed by atoms with Crippen molar-refractivity contribution in [3.63, 3.8) is 0 Å². The van der Waals surface area contributed by atoms with Crippen LogP contribution < -0.4 is 0 Å². The molecule has 0 atom stereocenters. The molecule has 0 amide bonds. The second-order valence-electron chi connectivity index (χ2n) is 12.2. The zero-order valence-corrected chi connectivity index (χ0v) is 23.6. The minimum absolute atomic E-state index is 0.0784. The van der Waals surface area contributed by atoms with E-state index in [0.717, 1.165) is 40.0 Å². The third kappa shape index (κ3) is 3.27. The Balaban J connectivity index is 1.24. The lowest BCUT2D eigenvalue weighted by molar-refractivity contribution is 0.666. The SMILES string of the molecule is CC1(C)c2ccccc2-c2ccc3ccc(-c4nc(-c5ccc6c(c5)Cc5ccccc5-6)nc5ccccc45)cc3c21. The van der Waals surface area contributed by atoms with E-state index in [2.05, 4.69) is 135 Å². The third-order valence-corrected chi connectivity index (χ3v) is 9.47. The van der Waals surface area contributed by atoms with Gasteiger partial charge in [0.25, 0.3) is 0 Å². The molecule has 1 heterocycles. The molecular weight excluding hydrogens is 508 g/mol. The van der Waals surface area contributed by atoms with Crippen molar-refractivity contribution < 1.29 is 0 Å². The van der Waals surface area contributed by atoms with Gasteiger partial charge in [0.15, 0.2) is 5.82 Å². The normalized spacial score (nSPS) is 14.0. The van der Waals surface area contributed by atoms with Gasteiger partial charge in [0.05, 0.1) is 11.2 Å². The van der Waals surface area contributed by atoms with E-state index < -0.39 is 0 Å². The first-order chi connectivity index (χ1) is 20.6. The van der Waals surface area contributed by atoms with E-state index in [0.29, 0.717) is 0 Å². The standard InChI is InChI=1S/C40H28N2/c1-40(2)35-13-7-5-11-31(35)32-20-17-24-15-16-26(23-34(24)37(32)40)38-33-12-6-8-14-36(33)41-39(42-38)27-18-19-30-28(22-27)21-25-9-3-4-10-29(25)30/h3-20,22-23H,21H2,1-2H3. The molecule has 0 bridgehead atoms. The lowest BCUT2D eigenvalue weighted by atomic mass is 9.80. The molecule has 0 radical (unpaired) electrons. The lowest BCUT2D eigenvalue weighted by Crippen LogP contribution is -2.15. The predicted octanol–water partition coefficient (Wildman–Crippen LogP) is 9.99. The number of fused-ring (bicyclic) bond motifs is 9. The number of para-hydroxylation sites is 1. The van der Waals surface area contributed by atoms with Crippen LogP contribution >= 0.6 is 0 Å². The van der Waals surface area contributed by atoms with Crippen molar-refractivity contribution in [1.29, 1.82) is 0 Å². The molecule has 198 valence electrons. The van der Waals surface area contributed by atoms with Crippen LogP contribution in [0.2, 0.25) is 0 Å². The van der Waals surface area contributed by atoms with Crippen molar-refractivity contribution in [2.24, 2.45) is 0 Å². The van der Waals surface area contributed by atoms with E-state index in [4.69, 9.17) is 9.97 Å². The Morgan fingerprint density at radius 3 is 2.19 bits per heavy atom.